The van der Waals surface area contributed by atoms with E-state index in [1.54, 1.807) is 0 Å². The van der Waals surface area contributed by atoms with Gasteiger partial charge in [-0.2, -0.15) is 12.2 Å². The van der Waals surface area contributed by atoms with Crippen molar-refractivity contribution in [2.75, 3.05) is 0 Å². The standard InChI is InChI=1S/2C5H5.2BrH.V/c2*1-2-4-5-3-1;;;/h2*1-3H,4H2;2*1H;/q2*-1;;;+2. The smallest absolute Gasteiger partial charge is 0.273 e. The van der Waals surface area contributed by atoms with Crippen molar-refractivity contribution >= 4 is 34.0 Å². The molecule has 0 fully saturated rings. The van der Waals surface area contributed by atoms with Crippen LogP contribution in [0.2, 0.25) is 0 Å². The van der Waals surface area contributed by atoms with Crippen molar-refractivity contribution in [2.24, 2.45) is 0 Å². The van der Waals surface area contributed by atoms with Crippen LogP contribution in [0.5, 0.6) is 0 Å². The molecular weight excluding hydrogens is 331 g/mol. The summed E-state index contributed by atoms with van der Waals surface area (Å²) in [6.07, 6.45) is 20.0. The molecule has 0 nitrogen and oxygen atoms in total. The fourth-order valence-electron chi connectivity index (χ4n) is 0.680. The van der Waals surface area contributed by atoms with Crippen molar-refractivity contribution in [3.8, 4) is 0 Å². The molecule has 0 spiro atoms. The molecule has 0 amide bonds. The number of hydrogen-bond donors (Lipinski definition) is 0. The van der Waals surface area contributed by atoms with Gasteiger partial charge in [0.25, 0.3) is 0 Å². The minimum atomic E-state index is 0. The monoisotopic (exact) mass is 341 g/mol. The molecule has 71 valence electrons. The molecule has 2 rings (SSSR count). The molecule has 0 atom stereocenters. The minimum absolute atomic E-state index is 0. The van der Waals surface area contributed by atoms with Gasteiger partial charge in [0.2, 0.25) is 0 Å². The Morgan fingerprint density at radius 1 is 0.769 bits per heavy atom. The van der Waals surface area contributed by atoms with Gasteiger partial charge in [0.15, 0.2) is 0 Å². The fraction of sp³-hybridized carbons (Fsp3) is 0.200. The summed E-state index contributed by atoms with van der Waals surface area (Å²) in [4.78, 5) is 0. The zero-order valence-corrected chi connectivity index (χ0v) is 12.0. The van der Waals surface area contributed by atoms with Crippen molar-refractivity contribution in [3.05, 3.63) is 48.6 Å². The van der Waals surface area contributed by atoms with Gasteiger partial charge in [-0.15, -0.1) is 46.8 Å². The summed E-state index contributed by atoms with van der Waals surface area (Å²) in [6, 6.07) is 0. The average Bonchev–Trinajstić information content (AvgIpc) is 2.67. The first-order chi connectivity index (χ1) is 5.00. The zero-order chi connectivity index (χ0) is 7.07. The van der Waals surface area contributed by atoms with E-state index in [1.807, 2.05) is 24.3 Å². The van der Waals surface area contributed by atoms with E-state index < -0.39 is 0 Å². The third-order valence-corrected chi connectivity index (χ3v) is 1.17. The summed E-state index contributed by atoms with van der Waals surface area (Å²) >= 11 is 0. The van der Waals surface area contributed by atoms with Crippen molar-refractivity contribution < 1.29 is 18.6 Å². The third-order valence-electron chi connectivity index (χ3n) is 1.17. The van der Waals surface area contributed by atoms with Gasteiger partial charge >= 0.3 is 18.6 Å². The predicted octanol–water partition coefficient (Wildman–Crippen LogP) is 3.76. The van der Waals surface area contributed by atoms with Gasteiger partial charge < -0.3 is 0 Å². The fourth-order valence-corrected chi connectivity index (χ4v) is 0.680. The van der Waals surface area contributed by atoms with Crippen LogP contribution < -0.4 is 0 Å². The van der Waals surface area contributed by atoms with Crippen LogP contribution in [0.15, 0.2) is 36.5 Å². The molecule has 1 radical (unpaired) electrons. The Kier molecular flexibility index (Phi) is 22.1. The molecule has 0 aromatic carbocycles. The molecular formula is C10H12Br2V. The third kappa shape index (κ3) is 12.5. The molecule has 0 aromatic rings. The molecule has 0 N–H and O–H groups in total. The van der Waals surface area contributed by atoms with Crippen LogP contribution in [-0.4, -0.2) is 0 Å². The largest absolute Gasteiger partial charge is 2.00 e. The van der Waals surface area contributed by atoms with Crippen molar-refractivity contribution in [3.63, 3.8) is 0 Å². The first-order valence-electron chi connectivity index (χ1n) is 3.43. The van der Waals surface area contributed by atoms with Gasteiger partial charge in [0.1, 0.15) is 0 Å². The Morgan fingerprint density at radius 3 is 1.23 bits per heavy atom. The molecule has 2 aliphatic carbocycles. The Balaban J connectivity index is -0.000000125. The Bertz CT molecular complexity index is 151. The van der Waals surface area contributed by atoms with Gasteiger partial charge in [-0.3, -0.25) is 12.2 Å². The van der Waals surface area contributed by atoms with E-state index in [1.165, 1.54) is 0 Å². The topological polar surface area (TPSA) is 0 Å². The van der Waals surface area contributed by atoms with Gasteiger partial charge in [-0.1, -0.05) is 0 Å². The van der Waals surface area contributed by atoms with Gasteiger partial charge in [-0.25, -0.2) is 24.3 Å². The second kappa shape index (κ2) is 15.0. The van der Waals surface area contributed by atoms with E-state index >= 15 is 0 Å². The summed E-state index contributed by atoms with van der Waals surface area (Å²) in [5.41, 5.74) is 0. The summed E-state index contributed by atoms with van der Waals surface area (Å²) in [7, 11) is 0. The van der Waals surface area contributed by atoms with E-state index in [0.29, 0.717) is 0 Å². The molecule has 0 bridgehead atoms. The summed E-state index contributed by atoms with van der Waals surface area (Å²) in [5.74, 6) is 0. The van der Waals surface area contributed by atoms with E-state index in [-0.39, 0.29) is 52.5 Å². The van der Waals surface area contributed by atoms with Crippen molar-refractivity contribution in [1.82, 2.24) is 0 Å². The molecule has 13 heavy (non-hydrogen) atoms. The molecule has 2 aliphatic rings. The predicted molar refractivity (Wildman–Crippen MR) is 63.8 cm³/mol. The summed E-state index contributed by atoms with van der Waals surface area (Å²) in [5, 5.41) is 0. The average molecular weight is 343 g/mol. The van der Waals surface area contributed by atoms with E-state index in [4.69, 9.17) is 0 Å². The van der Waals surface area contributed by atoms with E-state index in [2.05, 4.69) is 24.3 Å². The van der Waals surface area contributed by atoms with Crippen LogP contribution in [0.25, 0.3) is 0 Å². The minimum Gasteiger partial charge on any atom is -0.273 e. The second-order valence-electron chi connectivity index (χ2n) is 2.01. The zero-order valence-electron chi connectivity index (χ0n) is 7.14. The number of allylic oxidation sites excluding steroid dienone is 8. The maximum atomic E-state index is 2.99. The van der Waals surface area contributed by atoms with Gasteiger partial charge in [-0.05, 0) is 0 Å². The molecule has 0 saturated carbocycles. The number of rotatable bonds is 0. The number of hydrogen-bond acceptors (Lipinski definition) is 0. The first-order valence-corrected chi connectivity index (χ1v) is 3.43. The van der Waals surface area contributed by atoms with E-state index in [9.17, 15) is 0 Å². The number of halogens is 2. The van der Waals surface area contributed by atoms with Gasteiger partial charge in [0.05, 0.1) is 0 Å². The normalized spacial score (nSPS) is 13.5. The van der Waals surface area contributed by atoms with Crippen LogP contribution in [0.1, 0.15) is 12.8 Å². The Morgan fingerprint density at radius 2 is 1.15 bits per heavy atom. The molecule has 0 aromatic heterocycles. The van der Waals surface area contributed by atoms with Crippen molar-refractivity contribution in [2.45, 2.75) is 12.8 Å². The van der Waals surface area contributed by atoms with Crippen LogP contribution in [0.4, 0.5) is 0 Å². The van der Waals surface area contributed by atoms with Crippen LogP contribution >= 0.6 is 34.0 Å². The first kappa shape index (κ1) is 19.1. The Hall–Kier alpha value is 0.504. The molecule has 0 aliphatic heterocycles. The summed E-state index contributed by atoms with van der Waals surface area (Å²) < 4.78 is 0. The maximum Gasteiger partial charge on any atom is 2.00 e. The second-order valence-corrected chi connectivity index (χ2v) is 2.01. The van der Waals surface area contributed by atoms with E-state index in [0.717, 1.165) is 12.8 Å². The van der Waals surface area contributed by atoms with Crippen LogP contribution in [-0.2, 0) is 18.6 Å². The van der Waals surface area contributed by atoms with Crippen LogP contribution in [0.3, 0.4) is 0 Å². The summed E-state index contributed by atoms with van der Waals surface area (Å²) in [6.45, 7) is 0. The molecule has 0 unspecified atom stereocenters. The SMILES string of the molecule is Br.Br.[C-]1=CC=CC1.[C-]1=CC=CC1.[V+2]. The van der Waals surface area contributed by atoms with Crippen LogP contribution in [0, 0.1) is 12.2 Å². The van der Waals surface area contributed by atoms with Crippen molar-refractivity contribution in [1.29, 1.82) is 0 Å². The molecule has 3 heteroatoms. The van der Waals surface area contributed by atoms with Gasteiger partial charge in [0, 0.05) is 0 Å². The molecule has 0 saturated heterocycles. The quantitative estimate of drug-likeness (QED) is 0.588. The Labute approximate surface area is 113 Å². The maximum absolute atomic E-state index is 2.99. The molecule has 0 heterocycles.